The number of hydrogen-bond acceptors (Lipinski definition) is 2. The van der Waals surface area contributed by atoms with Crippen molar-refractivity contribution in [3.8, 4) is 11.1 Å². The van der Waals surface area contributed by atoms with E-state index in [2.05, 4.69) is 10.3 Å². The van der Waals surface area contributed by atoms with Crippen LogP contribution in [-0.4, -0.2) is 10.9 Å². The van der Waals surface area contributed by atoms with Crippen LogP contribution in [-0.2, 0) is 0 Å². The van der Waals surface area contributed by atoms with Crippen molar-refractivity contribution < 1.29 is 9.18 Å². The second-order valence-corrected chi connectivity index (χ2v) is 5.92. The predicted molar refractivity (Wildman–Crippen MR) is 102 cm³/mol. The molecular formula is C22H15FN2O. The van der Waals surface area contributed by atoms with Crippen molar-refractivity contribution in [3.05, 3.63) is 96.4 Å². The average molecular weight is 342 g/mol. The summed E-state index contributed by atoms with van der Waals surface area (Å²) < 4.78 is 13.0. The van der Waals surface area contributed by atoms with Crippen molar-refractivity contribution in [2.75, 3.05) is 5.32 Å². The van der Waals surface area contributed by atoms with Crippen LogP contribution < -0.4 is 5.32 Å². The summed E-state index contributed by atoms with van der Waals surface area (Å²) >= 11 is 0. The van der Waals surface area contributed by atoms with E-state index in [4.69, 9.17) is 0 Å². The summed E-state index contributed by atoms with van der Waals surface area (Å²) in [6.07, 6.45) is 1.70. The highest BCUT2D eigenvalue weighted by Crippen LogP contribution is 2.23. The number of halogens is 1. The van der Waals surface area contributed by atoms with Gasteiger partial charge in [0.2, 0.25) is 0 Å². The molecule has 26 heavy (non-hydrogen) atoms. The maximum absolute atomic E-state index is 13.0. The van der Waals surface area contributed by atoms with Gasteiger partial charge in [-0.1, -0.05) is 42.5 Å². The number of anilines is 1. The molecule has 1 aromatic heterocycles. The second kappa shape index (κ2) is 6.76. The summed E-state index contributed by atoms with van der Waals surface area (Å²) in [5, 5.41) is 3.89. The van der Waals surface area contributed by atoms with Gasteiger partial charge in [-0.15, -0.1) is 0 Å². The zero-order valence-corrected chi connectivity index (χ0v) is 13.8. The largest absolute Gasteiger partial charge is 0.320 e. The average Bonchev–Trinajstić information content (AvgIpc) is 2.69. The third-order valence-electron chi connectivity index (χ3n) is 4.21. The Kier molecular flexibility index (Phi) is 4.15. The smallest absolute Gasteiger partial charge is 0.255 e. The van der Waals surface area contributed by atoms with Crippen LogP contribution in [0.25, 0.3) is 22.0 Å². The number of pyridine rings is 1. The molecule has 0 fully saturated rings. The Morgan fingerprint density at radius 2 is 1.46 bits per heavy atom. The number of hydrogen-bond donors (Lipinski definition) is 1. The Balaban J connectivity index is 1.57. The number of aromatic nitrogens is 1. The predicted octanol–water partition coefficient (Wildman–Crippen LogP) is 5.29. The Morgan fingerprint density at radius 3 is 2.19 bits per heavy atom. The molecule has 4 rings (SSSR count). The fourth-order valence-corrected chi connectivity index (χ4v) is 2.86. The number of nitrogens with zero attached hydrogens (tertiary/aromatic N) is 1. The summed E-state index contributed by atoms with van der Waals surface area (Å²) in [5.41, 5.74) is 3.80. The number of para-hydroxylation sites is 1. The van der Waals surface area contributed by atoms with E-state index < -0.39 is 0 Å². The maximum atomic E-state index is 13.0. The molecule has 0 unspecified atom stereocenters. The Bertz CT molecular complexity index is 1070. The zero-order chi connectivity index (χ0) is 17.9. The van der Waals surface area contributed by atoms with E-state index in [0.29, 0.717) is 11.3 Å². The van der Waals surface area contributed by atoms with Gasteiger partial charge >= 0.3 is 0 Å². The lowest BCUT2D eigenvalue weighted by molar-refractivity contribution is 0.102. The highest BCUT2D eigenvalue weighted by molar-refractivity contribution is 6.08. The Hall–Kier alpha value is -3.53. The molecule has 0 radical (unpaired) electrons. The summed E-state index contributed by atoms with van der Waals surface area (Å²) in [5.74, 6) is -0.470. The van der Waals surface area contributed by atoms with Gasteiger partial charge in [0.05, 0.1) is 11.2 Å². The standard InChI is InChI=1S/C22H15FN2O/c23-19-12-10-16(11-13-19)15-6-8-18(9-7-15)22(26)25-20-5-1-3-17-4-2-14-24-21(17)20/h1-14H,(H,25,26). The number of carbonyl (C=O) groups is 1. The highest BCUT2D eigenvalue weighted by Gasteiger charge is 2.09. The number of benzene rings is 3. The van der Waals surface area contributed by atoms with Crippen LogP contribution in [0.15, 0.2) is 85.1 Å². The van der Waals surface area contributed by atoms with Gasteiger partial charge in [0.15, 0.2) is 0 Å². The Morgan fingerprint density at radius 1 is 0.808 bits per heavy atom. The number of rotatable bonds is 3. The third-order valence-corrected chi connectivity index (χ3v) is 4.21. The number of fused-ring (bicyclic) bond motifs is 1. The van der Waals surface area contributed by atoms with Gasteiger partial charge in [-0.25, -0.2) is 4.39 Å². The summed E-state index contributed by atoms with van der Waals surface area (Å²) in [6.45, 7) is 0. The molecule has 1 heterocycles. The summed E-state index contributed by atoms with van der Waals surface area (Å²) in [6, 6.07) is 23.0. The molecule has 0 saturated carbocycles. The number of nitrogens with one attached hydrogen (secondary N) is 1. The van der Waals surface area contributed by atoms with E-state index in [9.17, 15) is 9.18 Å². The van der Waals surface area contributed by atoms with E-state index in [1.54, 1.807) is 30.5 Å². The van der Waals surface area contributed by atoms with Crippen molar-refractivity contribution in [3.63, 3.8) is 0 Å². The normalized spacial score (nSPS) is 10.7. The molecule has 4 heteroatoms. The number of amides is 1. The SMILES string of the molecule is O=C(Nc1cccc2cccnc12)c1ccc(-c2ccc(F)cc2)cc1. The van der Waals surface area contributed by atoms with Crippen molar-refractivity contribution in [2.24, 2.45) is 0 Å². The molecule has 126 valence electrons. The van der Waals surface area contributed by atoms with Crippen molar-refractivity contribution >= 4 is 22.5 Å². The van der Waals surface area contributed by atoms with Gasteiger partial charge in [-0.2, -0.15) is 0 Å². The first-order valence-corrected chi connectivity index (χ1v) is 8.22. The van der Waals surface area contributed by atoms with E-state index in [1.165, 1.54) is 12.1 Å². The van der Waals surface area contributed by atoms with Crippen LogP contribution in [0.5, 0.6) is 0 Å². The van der Waals surface area contributed by atoms with Crippen LogP contribution in [0, 0.1) is 5.82 Å². The zero-order valence-electron chi connectivity index (χ0n) is 13.8. The van der Waals surface area contributed by atoms with E-state index in [1.807, 2.05) is 42.5 Å². The first-order chi connectivity index (χ1) is 12.7. The third kappa shape index (κ3) is 3.17. The monoisotopic (exact) mass is 342 g/mol. The van der Waals surface area contributed by atoms with Gasteiger partial charge in [0.1, 0.15) is 5.82 Å². The molecule has 0 atom stereocenters. The molecule has 0 aliphatic rings. The van der Waals surface area contributed by atoms with Crippen molar-refractivity contribution in [1.82, 2.24) is 4.98 Å². The van der Waals surface area contributed by atoms with Gasteiger partial charge in [0.25, 0.3) is 5.91 Å². The van der Waals surface area contributed by atoms with Gasteiger partial charge < -0.3 is 5.32 Å². The molecule has 0 bridgehead atoms. The second-order valence-electron chi connectivity index (χ2n) is 5.92. The van der Waals surface area contributed by atoms with Crippen LogP contribution in [0.2, 0.25) is 0 Å². The molecule has 4 aromatic rings. The summed E-state index contributed by atoms with van der Waals surface area (Å²) in [4.78, 5) is 16.9. The van der Waals surface area contributed by atoms with Crippen LogP contribution in [0.3, 0.4) is 0 Å². The van der Waals surface area contributed by atoms with Crippen LogP contribution >= 0.6 is 0 Å². The van der Waals surface area contributed by atoms with E-state index in [0.717, 1.165) is 22.0 Å². The lowest BCUT2D eigenvalue weighted by Crippen LogP contribution is -2.12. The lowest BCUT2D eigenvalue weighted by Gasteiger charge is -2.09. The minimum Gasteiger partial charge on any atom is -0.320 e. The molecule has 3 aromatic carbocycles. The first-order valence-electron chi connectivity index (χ1n) is 8.22. The van der Waals surface area contributed by atoms with Gasteiger partial charge in [-0.05, 0) is 47.5 Å². The Labute approximate surface area is 150 Å². The van der Waals surface area contributed by atoms with Crippen LogP contribution in [0.1, 0.15) is 10.4 Å². The molecule has 3 nitrogen and oxygen atoms in total. The van der Waals surface area contributed by atoms with E-state index >= 15 is 0 Å². The van der Waals surface area contributed by atoms with Crippen LogP contribution in [0.4, 0.5) is 10.1 Å². The minimum atomic E-state index is -0.270. The maximum Gasteiger partial charge on any atom is 0.255 e. The molecule has 1 amide bonds. The molecule has 0 spiro atoms. The first kappa shape index (κ1) is 16.0. The molecule has 0 aliphatic carbocycles. The fourth-order valence-electron chi connectivity index (χ4n) is 2.86. The van der Waals surface area contributed by atoms with Gasteiger partial charge in [0, 0.05) is 17.1 Å². The minimum absolute atomic E-state index is 0.200. The number of carbonyl (C=O) groups excluding carboxylic acids is 1. The quantitative estimate of drug-likeness (QED) is 0.549. The topological polar surface area (TPSA) is 42.0 Å². The molecule has 1 N–H and O–H groups in total. The lowest BCUT2D eigenvalue weighted by atomic mass is 10.0. The van der Waals surface area contributed by atoms with Crippen molar-refractivity contribution in [1.29, 1.82) is 0 Å². The molecular weight excluding hydrogens is 327 g/mol. The highest BCUT2D eigenvalue weighted by atomic mass is 19.1. The fraction of sp³-hybridized carbons (Fsp3) is 0. The van der Waals surface area contributed by atoms with E-state index in [-0.39, 0.29) is 11.7 Å². The van der Waals surface area contributed by atoms with Gasteiger partial charge in [-0.3, -0.25) is 9.78 Å². The molecule has 0 saturated heterocycles. The summed E-state index contributed by atoms with van der Waals surface area (Å²) in [7, 11) is 0. The van der Waals surface area contributed by atoms with Crippen molar-refractivity contribution in [2.45, 2.75) is 0 Å². The molecule has 0 aliphatic heterocycles.